The number of hydrogen-bond acceptors (Lipinski definition) is 3. The van der Waals surface area contributed by atoms with E-state index in [0.717, 1.165) is 5.56 Å². The molecule has 0 saturated heterocycles. The summed E-state index contributed by atoms with van der Waals surface area (Å²) in [5, 5.41) is 3.86. The maximum Gasteiger partial charge on any atom is 0.310 e. The molecule has 0 spiro atoms. The van der Waals surface area contributed by atoms with E-state index in [4.69, 9.17) is 39.5 Å². The first kappa shape index (κ1) is 17.6. The minimum Gasteiger partial charge on any atom is -0.455 e. The number of halogens is 3. The van der Waals surface area contributed by atoms with Crippen molar-refractivity contribution in [2.75, 3.05) is 11.9 Å². The number of esters is 1. The molecule has 0 aliphatic rings. The van der Waals surface area contributed by atoms with Gasteiger partial charge in [-0.1, -0.05) is 46.9 Å². The minimum atomic E-state index is -0.503. The van der Waals surface area contributed by atoms with Crippen LogP contribution in [0.25, 0.3) is 0 Å². The van der Waals surface area contributed by atoms with Crippen molar-refractivity contribution in [1.82, 2.24) is 0 Å². The highest BCUT2D eigenvalue weighted by Gasteiger charge is 2.09. The van der Waals surface area contributed by atoms with Crippen molar-refractivity contribution in [2.45, 2.75) is 6.42 Å². The van der Waals surface area contributed by atoms with Crippen LogP contribution in [0.5, 0.6) is 0 Å². The normalized spacial score (nSPS) is 10.2. The van der Waals surface area contributed by atoms with Crippen LogP contribution in [0.4, 0.5) is 5.69 Å². The van der Waals surface area contributed by atoms with Crippen LogP contribution in [-0.4, -0.2) is 18.5 Å². The SMILES string of the molecule is O=C(COC(=O)Cc1ccc(Cl)cc1)Nc1ccc(Cl)c(Cl)c1. The topological polar surface area (TPSA) is 55.4 Å². The third-order valence-electron chi connectivity index (χ3n) is 2.83. The molecule has 7 heteroatoms. The molecule has 1 amide bonds. The highest BCUT2D eigenvalue weighted by atomic mass is 35.5. The maximum atomic E-state index is 11.7. The predicted octanol–water partition coefficient (Wildman–Crippen LogP) is 4.37. The van der Waals surface area contributed by atoms with Gasteiger partial charge in [0.05, 0.1) is 16.5 Å². The maximum absolute atomic E-state index is 11.7. The number of amides is 1. The van der Waals surface area contributed by atoms with Crippen LogP contribution in [0.1, 0.15) is 5.56 Å². The van der Waals surface area contributed by atoms with Crippen LogP contribution >= 0.6 is 34.8 Å². The Morgan fingerprint density at radius 2 is 1.65 bits per heavy atom. The molecule has 0 aliphatic heterocycles. The molecule has 2 rings (SSSR count). The van der Waals surface area contributed by atoms with Gasteiger partial charge in [0.25, 0.3) is 5.91 Å². The zero-order chi connectivity index (χ0) is 16.8. The van der Waals surface area contributed by atoms with Gasteiger partial charge < -0.3 is 10.1 Å². The molecule has 0 atom stereocenters. The quantitative estimate of drug-likeness (QED) is 0.793. The van der Waals surface area contributed by atoms with Gasteiger partial charge >= 0.3 is 5.97 Å². The average Bonchev–Trinajstić information content (AvgIpc) is 2.51. The first-order chi connectivity index (χ1) is 10.9. The molecule has 1 N–H and O–H groups in total. The molecule has 0 saturated carbocycles. The van der Waals surface area contributed by atoms with Crippen LogP contribution in [0.3, 0.4) is 0 Å². The monoisotopic (exact) mass is 371 g/mol. The van der Waals surface area contributed by atoms with E-state index in [2.05, 4.69) is 5.32 Å². The highest BCUT2D eigenvalue weighted by Crippen LogP contribution is 2.24. The number of carbonyl (C=O) groups is 2. The number of rotatable bonds is 5. The van der Waals surface area contributed by atoms with Crippen molar-refractivity contribution in [2.24, 2.45) is 0 Å². The smallest absolute Gasteiger partial charge is 0.310 e. The molecular weight excluding hydrogens is 361 g/mol. The lowest BCUT2D eigenvalue weighted by molar-refractivity contribution is -0.146. The summed E-state index contributed by atoms with van der Waals surface area (Å²) in [7, 11) is 0. The summed E-state index contributed by atoms with van der Waals surface area (Å²) < 4.78 is 4.92. The molecule has 4 nitrogen and oxygen atoms in total. The second-order valence-electron chi connectivity index (χ2n) is 4.64. The summed E-state index contributed by atoms with van der Waals surface area (Å²) >= 11 is 17.4. The second-order valence-corrected chi connectivity index (χ2v) is 5.89. The lowest BCUT2D eigenvalue weighted by atomic mass is 10.1. The Bertz CT molecular complexity index is 717. The van der Waals surface area contributed by atoms with Gasteiger partial charge in [0, 0.05) is 10.7 Å². The Balaban J connectivity index is 1.80. The van der Waals surface area contributed by atoms with E-state index in [0.29, 0.717) is 20.8 Å². The van der Waals surface area contributed by atoms with Gasteiger partial charge in [0.1, 0.15) is 0 Å². The summed E-state index contributed by atoms with van der Waals surface area (Å²) in [6, 6.07) is 11.5. The van der Waals surface area contributed by atoms with Gasteiger partial charge in [-0.3, -0.25) is 9.59 Å². The van der Waals surface area contributed by atoms with Crippen molar-refractivity contribution >= 4 is 52.4 Å². The van der Waals surface area contributed by atoms with Crippen LogP contribution in [-0.2, 0) is 20.7 Å². The molecule has 0 bridgehead atoms. The van der Waals surface area contributed by atoms with E-state index >= 15 is 0 Å². The number of nitrogens with one attached hydrogen (secondary N) is 1. The Labute approximate surface area is 148 Å². The molecule has 0 unspecified atom stereocenters. The molecule has 0 aromatic heterocycles. The average molecular weight is 373 g/mol. The van der Waals surface area contributed by atoms with E-state index in [-0.39, 0.29) is 13.0 Å². The Kier molecular flexibility index (Phi) is 6.28. The van der Waals surface area contributed by atoms with Gasteiger partial charge in [0.2, 0.25) is 0 Å². The molecule has 0 heterocycles. The third-order valence-corrected chi connectivity index (χ3v) is 3.82. The number of carbonyl (C=O) groups excluding carboxylic acids is 2. The summed E-state index contributed by atoms with van der Waals surface area (Å²) in [6.07, 6.45) is 0.0667. The van der Waals surface area contributed by atoms with Crippen molar-refractivity contribution in [1.29, 1.82) is 0 Å². The van der Waals surface area contributed by atoms with Crippen molar-refractivity contribution < 1.29 is 14.3 Å². The van der Waals surface area contributed by atoms with Gasteiger partial charge in [0.15, 0.2) is 6.61 Å². The molecule has 0 radical (unpaired) electrons. The lowest BCUT2D eigenvalue weighted by Crippen LogP contribution is -2.21. The van der Waals surface area contributed by atoms with Crippen molar-refractivity contribution in [3.05, 3.63) is 63.1 Å². The molecule has 0 fully saturated rings. The summed E-state index contributed by atoms with van der Waals surface area (Å²) in [5.41, 5.74) is 1.22. The molecular formula is C16H12Cl3NO3. The fourth-order valence-corrected chi connectivity index (χ4v) is 2.16. The van der Waals surface area contributed by atoms with Gasteiger partial charge in [-0.25, -0.2) is 0 Å². The number of anilines is 1. The van der Waals surface area contributed by atoms with E-state index < -0.39 is 11.9 Å². The Hall–Kier alpha value is -1.75. The summed E-state index contributed by atoms with van der Waals surface area (Å²) in [5.74, 6) is -0.968. The summed E-state index contributed by atoms with van der Waals surface area (Å²) in [6.45, 7) is -0.382. The van der Waals surface area contributed by atoms with E-state index in [1.807, 2.05) is 0 Å². The molecule has 120 valence electrons. The zero-order valence-electron chi connectivity index (χ0n) is 11.8. The fraction of sp³-hybridized carbons (Fsp3) is 0.125. The molecule has 2 aromatic rings. The van der Waals surface area contributed by atoms with Crippen LogP contribution in [0, 0.1) is 0 Å². The Morgan fingerprint density at radius 3 is 2.30 bits per heavy atom. The first-order valence-electron chi connectivity index (χ1n) is 6.59. The number of benzene rings is 2. The van der Waals surface area contributed by atoms with Gasteiger partial charge in [-0.15, -0.1) is 0 Å². The third kappa shape index (κ3) is 5.75. The van der Waals surface area contributed by atoms with Crippen LogP contribution in [0.2, 0.25) is 15.1 Å². The van der Waals surface area contributed by atoms with Gasteiger partial charge in [-0.2, -0.15) is 0 Å². The zero-order valence-corrected chi connectivity index (χ0v) is 14.1. The molecule has 0 aliphatic carbocycles. The Morgan fingerprint density at radius 1 is 0.957 bits per heavy atom. The van der Waals surface area contributed by atoms with Gasteiger partial charge in [-0.05, 0) is 35.9 Å². The first-order valence-corrected chi connectivity index (χ1v) is 7.72. The van der Waals surface area contributed by atoms with Crippen LogP contribution in [0.15, 0.2) is 42.5 Å². The molecule has 2 aromatic carbocycles. The number of hydrogen-bond donors (Lipinski definition) is 1. The van der Waals surface area contributed by atoms with E-state index in [1.165, 1.54) is 6.07 Å². The standard InChI is InChI=1S/C16H12Cl3NO3/c17-11-3-1-10(2-4-11)7-16(22)23-9-15(21)20-12-5-6-13(18)14(19)8-12/h1-6,8H,7,9H2,(H,20,21). The minimum absolute atomic E-state index is 0.0667. The molecule has 23 heavy (non-hydrogen) atoms. The predicted molar refractivity (Wildman–Crippen MR) is 91.2 cm³/mol. The highest BCUT2D eigenvalue weighted by molar-refractivity contribution is 6.42. The fourth-order valence-electron chi connectivity index (χ4n) is 1.74. The number of ether oxygens (including phenoxy) is 1. The van der Waals surface area contributed by atoms with Crippen LogP contribution < -0.4 is 5.32 Å². The second kappa shape index (κ2) is 8.20. The lowest BCUT2D eigenvalue weighted by Gasteiger charge is -2.07. The van der Waals surface area contributed by atoms with Crippen molar-refractivity contribution in [3.8, 4) is 0 Å². The van der Waals surface area contributed by atoms with Crippen molar-refractivity contribution in [3.63, 3.8) is 0 Å². The van der Waals surface area contributed by atoms with E-state index in [1.54, 1.807) is 36.4 Å². The largest absolute Gasteiger partial charge is 0.455 e. The van der Waals surface area contributed by atoms with E-state index in [9.17, 15) is 9.59 Å². The summed E-state index contributed by atoms with van der Waals surface area (Å²) in [4.78, 5) is 23.4.